The van der Waals surface area contributed by atoms with Crippen LogP contribution in [0.2, 0.25) is 5.02 Å². The van der Waals surface area contributed by atoms with Gasteiger partial charge in [-0.05, 0) is 44.0 Å². The molecule has 0 bridgehead atoms. The lowest BCUT2D eigenvalue weighted by molar-refractivity contribution is -0.133. The van der Waals surface area contributed by atoms with Crippen molar-refractivity contribution in [2.45, 2.75) is 38.0 Å². The Morgan fingerprint density at radius 1 is 1.13 bits per heavy atom. The maximum Gasteiger partial charge on any atom is 0.254 e. The number of ketones is 1. The number of hydrogen-bond donors (Lipinski definition) is 2. The van der Waals surface area contributed by atoms with Gasteiger partial charge in [-0.2, -0.15) is 0 Å². The molecule has 2 fully saturated rings. The first-order valence-corrected chi connectivity index (χ1v) is 13.0. The average molecular weight is 532 g/mol. The molecular weight excluding hydrogens is 506 g/mol. The molecule has 1 amide bonds. The van der Waals surface area contributed by atoms with Crippen LogP contribution in [0.25, 0.3) is 11.0 Å². The molecule has 194 valence electrons. The lowest BCUT2D eigenvalue weighted by Crippen LogP contribution is -2.47. The number of rotatable bonds is 7. The molecule has 4 heterocycles. The van der Waals surface area contributed by atoms with Crippen molar-refractivity contribution in [2.75, 3.05) is 18.4 Å². The minimum Gasteiger partial charge on any atom is -0.457 e. The Hall–Kier alpha value is -3.95. The summed E-state index contributed by atoms with van der Waals surface area (Å²) in [6.45, 7) is 3.15. The van der Waals surface area contributed by atoms with E-state index < -0.39 is 0 Å². The zero-order valence-corrected chi connectivity index (χ0v) is 21.4. The summed E-state index contributed by atoms with van der Waals surface area (Å²) >= 11 is 6.53. The number of halogens is 1. The molecule has 2 saturated heterocycles. The molecule has 0 spiro atoms. The standard InChI is InChI=1S/C28H26ClN5O4/c1-16-25(37-16)28(36)34-11-5-6-17(14-34)33-27-23-21(13-30-26(23)31-15-32-27)24(35)20-10-9-19(12-22(20)29)38-18-7-3-2-4-8-18/h2-4,7-10,12-13,15-17,25H,5-6,11,14H2,1H3,(H2,30,31,32,33). The third kappa shape index (κ3) is 4.82. The summed E-state index contributed by atoms with van der Waals surface area (Å²) in [7, 11) is 0. The van der Waals surface area contributed by atoms with E-state index in [1.165, 1.54) is 6.33 Å². The van der Waals surface area contributed by atoms with Gasteiger partial charge in [0.15, 0.2) is 11.9 Å². The number of benzene rings is 2. The molecule has 2 N–H and O–H groups in total. The van der Waals surface area contributed by atoms with Gasteiger partial charge in [0.2, 0.25) is 0 Å². The number of H-pyrrole nitrogens is 1. The van der Waals surface area contributed by atoms with Crippen LogP contribution in [0.3, 0.4) is 0 Å². The Bertz CT molecular complexity index is 1510. The van der Waals surface area contributed by atoms with Crippen molar-refractivity contribution in [3.8, 4) is 11.5 Å². The second-order valence-electron chi connectivity index (χ2n) is 9.56. The van der Waals surface area contributed by atoms with E-state index in [0.717, 1.165) is 12.8 Å². The van der Waals surface area contributed by atoms with E-state index in [-0.39, 0.29) is 35.0 Å². The summed E-state index contributed by atoms with van der Waals surface area (Å²) in [6, 6.07) is 14.3. The molecule has 0 radical (unpaired) electrons. The number of carbonyl (C=O) groups is 2. The highest BCUT2D eigenvalue weighted by Gasteiger charge is 2.44. The van der Waals surface area contributed by atoms with Crippen LogP contribution in [0.1, 0.15) is 35.7 Å². The summed E-state index contributed by atoms with van der Waals surface area (Å²) in [5, 5.41) is 4.32. The fraction of sp³-hybridized carbons (Fsp3) is 0.286. The second kappa shape index (κ2) is 10.1. The zero-order valence-electron chi connectivity index (χ0n) is 20.7. The molecule has 2 aromatic heterocycles. The number of hydrogen-bond acceptors (Lipinski definition) is 7. The van der Waals surface area contributed by atoms with E-state index in [2.05, 4.69) is 20.3 Å². The highest BCUT2D eigenvalue weighted by Crippen LogP contribution is 2.32. The molecule has 4 aromatic rings. The van der Waals surface area contributed by atoms with Crippen LogP contribution in [0.15, 0.2) is 61.1 Å². The lowest BCUT2D eigenvalue weighted by Gasteiger charge is -2.33. The highest BCUT2D eigenvalue weighted by molar-refractivity contribution is 6.35. The number of epoxide rings is 1. The topological polar surface area (TPSA) is 113 Å². The zero-order chi connectivity index (χ0) is 26.2. The molecule has 6 rings (SSSR count). The van der Waals surface area contributed by atoms with E-state index >= 15 is 0 Å². The number of amides is 1. The smallest absolute Gasteiger partial charge is 0.254 e. The van der Waals surface area contributed by atoms with Crippen LogP contribution in [0.5, 0.6) is 11.5 Å². The molecule has 38 heavy (non-hydrogen) atoms. The van der Waals surface area contributed by atoms with Gasteiger partial charge in [-0.1, -0.05) is 29.8 Å². The van der Waals surface area contributed by atoms with Gasteiger partial charge in [0, 0.05) is 37.0 Å². The van der Waals surface area contributed by atoms with Crippen molar-refractivity contribution in [3.63, 3.8) is 0 Å². The molecule has 2 aliphatic rings. The van der Waals surface area contributed by atoms with E-state index in [1.807, 2.05) is 42.2 Å². The SMILES string of the molecule is CC1OC1C(=O)N1CCCC(Nc2ncnc3[nH]cc(C(=O)c4ccc(Oc5ccccc5)cc4Cl)c23)C1. The van der Waals surface area contributed by atoms with Crippen molar-refractivity contribution >= 4 is 40.1 Å². The highest BCUT2D eigenvalue weighted by atomic mass is 35.5. The van der Waals surface area contributed by atoms with Crippen LogP contribution in [0, 0.1) is 0 Å². The predicted molar refractivity (Wildman–Crippen MR) is 143 cm³/mol. The number of nitrogens with zero attached hydrogens (tertiary/aromatic N) is 3. The quantitative estimate of drug-likeness (QED) is 0.259. The second-order valence-corrected chi connectivity index (χ2v) is 9.97. The number of fused-ring (bicyclic) bond motifs is 1. The third-order valence-corrected chi connectivity index (χ3v) is 7.22. The first kappa shape index (κ1) is 24.4. The number of piperidine rings is 1. The lowest BCUT2D eigenvalue weighted by atomic mass is 10.0. The summed E-state index contributed by atoms with van der Waals surface area (Å²) in [4.78, 5) is 40.0. The van der Waals surface area contributed by atoms with Gasteiger partial charge >= 0.3 is 0 Å². The van der Waals surface area contributed by atoms with Crippen molar-refractivity contribution in [3.05, 3.63) is 77.2 Å². The molecule has 2 aromatic carbocycles. The largest absolute Gasteiger partial charge is 0.457 e. The summed E-state index contributed by atoms with van der Waals surface area (Å²) < 4.78 is 11.2. The molecule has 3 atom stereocenters. The Morgan fingerprint density at radius 3 is 2.71 bits per heavy atom. The van der Waals surface area contributed by atoms with Crippen LogP contribution in [0.4, 0.5) is 5.82 Å². The van der Waals surface area contributed by atoms with Crippen LogP contribution in [-0.4, -0.2) is 62.9 Å². The molecule has 9 nitrogen and oxygen atoms in total. The monoisotopic (exact) mass is 531 g/mol. The molecule has 3 unspecified atom stereocenters. The Balaban J connectivity index is 1.23. The van der Waals surface area contributed by atoms with Crippen molar-refractivity contribution in [1.82, 2.24) is 19.9 Å². The van der Waals surface area contributed by atoms with Crippen LogP contribution in [-0.2, 0) is 9.53 Å². The predicted octanol–water partition coefficient (Wildman–Crippen LogP) is 4.82. The number of likely N-dealkylation sites (tertiary alicyclic amines) is 1. The van der Waals surface area contributed by atoms with Crippen LogP contribution >= 0.6 is 11.6 Å². The Morgan fingerprint density at radius 2 is 1.95 bits per heavy atom. The van der Waals surface area contributed by atoms with E-state index in [1.54, 1.807) is 24.4 Å². The maximum atomic E-state index is 13.6. The number of aromatic nitrogens is 3. The van der Waals surface area contributed by atoms with Gasteiger partial charge < -0.3 is 24.7 Å². The number of para-hydroxylation sites is 1. The minimum atomic E-state index is -0.331. The van der Waals surface area contributed by atoms with Crippen LogP contribution < -0.4 is 10.1 Å². The molecule has 10 heteroatoms. The average Bonchev–Trinajstić information content (AvgIpc) is 3.49. The van der Waals surface area contributed by atoms with Gasteiger partial charge in [-0.3, -0.25) is 9.59 Å². The van der Waals surface area contributed by atoms with E-state index in [4.69, 9.17) is 21.1 Å². The van der Waals surface area contributed by atoms with Gasteiger partial charge in [-0.25, -0.2) is 9.97 Å². The third-order valence-electron chi connectivity index (χ3n) is 6.91. The van der Waals surface area contributed by atoms with E-state index in [0.29, 0.717) is 52.6 Å². The van der Waals surface area contributed by atoms with Gasteiger partial charge in [0.25, 0.3) is 5.91 Å². The first-order chi connectivity index (χ1) is 18.5. The van der Waals surface area contributed by atoms with Crippen molar-refractivity contribution in [1.29, 1.82) is 0 Å². The summed E-state index contributed by atoms with van der Waals surface area (Å²) in [6.07, 6.45) is 4.46. The number of carbonyl (C=O) groups excluding carboxylic acids is 2. The first-order valence-electron chi connectivity index (χ1n) is 12.6. The van der Waals surface area contributed by atoms with Gasteiger partial charge in [0.05, 0.1) is 22.1 Å². The Kier molecular flexibility index (Phi) is 6.47. The van der Waals surface area contributed by atoms with Gasteiger partial charge in [0.1, 0.15) is 29.3 Å². The molecule has 0 saturated carbocycles. The van der Waals surface area contributed by atoms with Crippen molar-refractivity contribution in [2.24, 2.45) is 0 Å². The van der Waals surface area contributed by atoms with Crippen molar-refractivity contribution < 1.29 is 19.1 Å². The maximum absolute atomic E-state index is 13.6. The minimum absolute atomic E-state index is 0.0171. The summed E-state index contributed by atoms with van der Waals surface area (Å²) in [5.74, 6) is 1.52. The summed E-state index contributed by atoms with van der Waals surface area (Å²) in [5.41, 5.74) is 1.29. The molecule has 0 aliphatic carbocycles. The normalized spacial score (nSPS) is 20.8. The fourth-order valence-corrected chi connectivity index (χ4v) is 5.13. The molecular formula is C28H26ClN5O4. The fourth-order valence-electron chi connectivity index (χ4n) is 4.88. The van der Waals surface area contributed by atoms with E-state index in [9.17, 15) is 9.59 Å². The number of nitrogens with one attached hydrogen (secondary N) is 2. The number of aromatic amines is 1. The number of anilines is 1. The molecule has 2 aliphatic heterocycles. The van der Waals surface area contributed by atoms with Gasteiger partial charge in [-0.15, -0.1) is 0 Å². The number of ether oxygens (including phenoxy) is 2. The Labute approximate surface area is 224 Å².